The second-order valence-electron chi connectivity index (χ2n) is 8.62. The van der Waals surface area contributed by atoms with E-state index in [1.807, 2.05) is 36.4 Å². The summed E-state index contributed by atoms with van der Waals surface area (Å²) in [5.74, 6) is -1.68. The number of nitriles is 3. The highest BCUT2D eigenvalue weighted by molar-refractivity contribution is 5.89. The van der Waals surface area contributed by atoms with Crippen LogP contribution in [-0.4, -0.2) is 5.90 Å². The van der Waals surface area contributed by atoms with Gasteiger partial charge in [-0.05, 0) is 29.8 Å². The van der Waals surface area contributed by atoms with Crippen LogP contribution in [-0.2, 0) is 15.3 Å². The maximum Gasteiger partial charge on any atom is 0.244 e. The van der Waals surface area contributed by atoms with Gasteiger partial charge in [-0.1, -0.05) is 67.6 Å². The molecule has 2 aliphatic rings. The first kappa shape index (κ1) is 22.2. The molecule has 2 saturated heterocycles. The van der Waals surface area contributed by atoms with Crippen molar-refractivity contribution in [1.29, 1.82) is 21.2 Å². The molecular weight excluding hydrogens is 440 g/mol. The number of fused-ring (bicyclic) bond motifs is 2. The van der Waals surface area contributed by atoms with E-state index >= 15 is 0 Å². The highest BCUT2D eigenvalue weighted by atomic mass is 16.7. The van der Waals surface area contributed by atoms with Crippen LogP contribution >= 0.6 is 0 Å². The zero-order valence-electron chi connectivity index (χ0n) is 18.8. The molecule has 5 rings (SSSR count). The van der Waals surface area contributed by atoms with Gasteiger partial charge >= 0.3 is 0 Å². The van der Waals surface area contributed by atoms with Crippen LogP contribution in [0.1, 0.15) is 24.2 Å². The van der Waals surface area contributed by atoms with E-state index in [2.05, 4.69) is 18.2 Å². The van der Waals surface area contributed by atoms with Gasteiger partial charge in [-0.3, -0.25) is 5.41 Å². The van der Waals surface area contributed by atoms with Crippen molar-refractivity contribution in [2.24, 2.45) is 16.7 Å². The van der Waals surface area contributed by atoms with Crippen LogP contribution in [0.5, 0.6) is 11.5 Å². The summed E-state index contributed by atoms with van der Waals surface area (Å²) in [6.45, 7) is 1.69. The monoisotopic (exact) mass is 460 g/mol. The summed E-state index contributed by atoms with van der Waals surface area (Å²) in [5, 5.41) is 39.9. The van der Waals surface area contributed by atoms with Crippen LogP contribution < -0.4 is 4.74 Å². The molecule has 0 aliphatic carbocycles. The molecule has 0 spiro atoms. The Balaban J connectivity index is 1.70. The molecule has 1 N–H and O–H groups in total. The lowest BCUT2D eigenvalue weighted by molar-refractivity contribution is -0.288. The molecule has 4 unspecified atom stereocenters. The first-order chi connectivity index (χ1) is 17.0. The van der Waals surface area contributed by atoms with Crippen LogP contribution in [0.4, 0.5) is 0 Å². The summed E-state index contributed by atoms with van der Waals surface area (Å²) in [6.07, 6.45) is -1.20. The largest absolute Gasteiger partial charge is 0.457 e. The summed E-state index contributed by atoms with van der Waals surface area (Å²) in [7, 11) is 0. The SMILES string of the molecule is CC1C2(c3ccccc3)OC(=N)C1(C#N)C(C#N)(C#N)C(c1cccc(Oc3ccccc3)c1)O2. The van der Waals surface area contributed by atoms with E-state index in [4.69, 9.17) is 19.6 Å². The van der Waals surface area contributed by atoms with Gasteiger partial charge in [0.05, 0.1) is 24.1 Å². The summed E-state index contributed by atoms with van der Waals surface area (Å²) >= 11 is 0. The second-order valence-corrected chi connectivity index (χ2v) is 8.62. The Kier molecular flexibility index (Phi) is 5.06. The average Bonchev–Trinajstić information content (AvgIpc) is 3.06. The van der Waals surface area contributed by atoms with Crippen molar-refractivity contribution >= 4 is 5.90 Å². The van der Waals surface area contributed by atoms with E-state index in [0.29, 0.717) is 22.6 Å². The highest BCUT2D eigenvalue weighted by Crippen LogP contribution is 2.69. The van der Waals surface area contributed by atoms with Crippen molar-refractivity contribution in [2.75, 3.05) is 0 Å². The van der Waals surface area contributed by atoms with Gasteiger partial charge in [-0.25, -0.2) is 0 Å². The van der Waals surface area contributed by atoms with Crippen LogP contribution in [0, 0.1) is 56.2 Å². The molecule has 3 aromatic rings. The van der Waals surface area contributed by atoms with Gasteiger partial charge in [0.25, 0.3) is 0 Å². The van der Waals surface area contributed by atoms with Gasteiger partial charge in [0.15, 0.2) is 5.41 Å². The highest BCUT2D eigenvalue weighted by Gasteiger charge is 2.79. The van der Waals surface area contributed by atoms with Gasteiger partial charge in [0.1, 0.15) is 17.6 Å². The number of benzene rings is 3. The molecule has 0 saturated carbocycles. The Bertz CT molecular complexity index is 1410. The second kappa shape index (κ2) is 7.99. The fourth-order valence-electron chi connectivity index (χ4n) is 5.20. The third kappa shape index (κ3) is 2.88. The van der Waals surface area contributed by atoms with Crippen LogP contribution in [0.15, 0.2) is 84.9 Å². The first-order valence-corrected chi connectivity index (χ1v) is 11.1. The molecule has 0 aromatic heterocycles. The van der Waals surface area contributed by atoms with E-state index in [9.17, 15) is 15.8 Å². The molecule has 3 aromatic carbocycles. The Hall–Kier alpha value is -4.64. The summed E-state index contributed by atoms with van der Waals surface area (Å²) < 4.78 is 18.5. The number of hydrogen-bond donors (Lipinski definition) is 1. The fourth-order valence-corrected chi connectivity index (χ4v) is 5.20. The zero-order valence-corrected chi connectivity index (χ0v) is 18.8. The predicted molar refractivity (Wildman–Crippen MR) is 125 cm³/mol. The van der Waals surface area contributed by atoms with E-state index in [1.165, 1.54) is 0 Å². The lowest BCUT2D eigenvalue weighted by Gasteiger charge is -2.48. The van der Waals surface area contributed by atoms with E-state index in [1.54, 1.807) is 55.5 Å². The van der Waals surface area contributed by atoms with Crippen molar-refractivity contribution in [3.63, 3.8) is 0 Å². The number of rotatable bonds is 4. The van der Waals surface area contributed by atoms with Crippen molar-refractivity contribution in [3.8, 4) is 29.7 Å². The number of nitrogens with zero attached hydrogens (tertiary/aromatic N) is 3. The van der Waals surface area contributed by atoms with Crippen LogP contribution in [0.25, 0.3) is 0 Å². The maximum atomic E-state index is 10.4. The standard InChI is InChI=1S/C28H20N4O3/c1-19-27(18-31)25(32)35-28(19,21-10-4-2-5-11-21)34-24(26(27,16-29)17-30)20-9-8-14-23(15-20)33-22-12-6-3-7-13-22/h2-15,19,24,32H,1H3. The topological polar surface area (TPSA) is 123 Å². The molecule has 4 atom stereocenters. The molecule has 35 heavy (non-hydrogen) atoms. The lowest BCUT2D eigenvalue weighted by Crippen LogP contribution is -2.57. The minimum atomic E-state index is -2.04. The molecule has 170 valence electrons. The average molecular weight is 460 g/mol. The molecule has 7 nitrogen and oxygen atoms in total. The fraction of sp³-hybridized carbons (Fsp3) is 0.214. The van der Waals surface area contributed by atoms with Gasteiger partial charge in [-0.15, -0.1) is 0 Å². The molecule has 2 bridgehead atoms. The Labute approximate surface area is 202 Å². The quantitative estimate of drug-likeness (QED) is 0.541. The summed E-state index contributed by atoms with van der Waals surface area (Å²) in [5.41, 5.74) is -2.84. The van der Waals surface area contributed by atoms with Crippen molar-refractivity contribution in [3.05, 3.63) is 96.1 Å². The van der Waals surface area contributed by atoms with Crippen molar-refractivity contribution in [2.45, 2.75) is 18.8 Å². The third-order valence-electron chi connectivity index (χ3n) is 6.98. The molecule has 0 amide bonds. The number of nitrogens with one attached hydrogen (secondary N) is 1. The van der Waals surface area contributed by atoms with E-state index in [-0.39, 0.29) is 0 Å². The molecule has 7 heteroatoms. The Morgan fingerprint density at radius 1 is 0.829 bits per heavy atom. The van der Waals surface area contributed by atoms with Gasteiger partial charge in [0, 0.05) is 5.56 Å². The molecule has 0 radical (unpaired) electrons. The van der Waals surface area contributed by atoms with Gasteiger partial charge < -0.3 is 14.2 Å². The molecule has 2 heterocycles. The number of para-hydroxylation sites is 1. The van der Waals surface area contributed by atoms with Crippen molar-refractivity contribution < 1.29 is 14.2 Å². The number of ether oxygens (including phenoxy) is 3. The number of hydrogen-bond acceptors (Lipinski definition) is 7. The van der Waals surface area contributed by atoms with Crippen LogP contribution in [0.2, 0.25) is 0 Å². The summed E-state index contributed by atoms with van der Waals surface area (Å²) in [6, 6.07) is 31.4. The Morgan fingerprint density at radius 2 is 1.46 bits per heavy atom. The first-order valence-electron chi connectivity index (χ1n) is 11.1. The van der Waals surface area contributed by atoms with Gasteiger partial charge in [0.2, 0.25) is 17.1 Å². The normalized spacial score (nSPS) is 28.1. The van der Waals surface area contributed by atoms with Crippen LogP contribution in [0.3, 0.4) is 0 Å². The van der Waals surface area contributed by atoms with Gasteiger partial charge in [-0.2, -0.15) is 15.8 Å². The Morgan fingerprint density at radius 3 is 2.09 bits per heavy atom. The molecular formula is C28H20N4O3. The zero-order chi connectivity index (χ0) is 24.7. The minimum Gasteiger partial charge on any atom is -0.457 e. The van der Waals surface area contributed by atoms with E-state index in [0.717, 1.165) is 0 Å². The molecule has 2 fully saturated rings. The van der Waals surface area contributed by atoms with E-state index < -0.39 is 34.5 Å². The minimum absolute atomic E-state index is 0.446. The predicted octanol–water partition coefficient (Wildman–Crippen LogP) is 5.59. The lowest BCUT2D eigenvalue weighted by atomic mass is 9.53. The van der Waals surface area contributed by atoms with Crippen molar-refractivity contribution in [1.82, 2.24) is 0 Å². The molecule has 2 aliphatic heterocycles. The third-order valence-corrected chi connectivity index (χ3v) is 6.98. The smallest absolute Gasteiger partial charge is 0.244 e. The maximum absolute atomic E-state index is 10.4. The summed E-state index contributed by atoms with van der Waals surface area (Å²) in [4.78, 5) is 0.